The zero-order valence-electron chi connectivity index (χ0n) is 14.2. The van der Waals surface area contributed by atoms with Crippen LogP contribution in [0.25, 0.3) is 10.9 Å². The second-order valence-corrected chi connectivity index (χ2v) is 6.26. The number of hydrogen-bond donors (Lipinski definition) is 1. The van der Waals surface area contributed by atoms with Crippen molar-refractivity contribution >= 4 is 16.6 Å². The van der Waals surface area contributed by atoms with Gasteiger partial charge in [-0.3, -0.25) is 0 Å². The molecule has 4 rings (SSSR count). The molecule has 130 valence electrons. The summed E-state index contributed by atoms with van der Waals surface area (Å²) in [5.41, 5.74) is 3.60. The fourth-order valence-corrected chi connectivity index (χ4v) is 3.11. The first-order chi connectivity index (χ1) is 12.7. The smallest absolute Gasteiger partial charge is 0.222 e. The number of nitrogens with zero attached hydrogens (tertiary/aromatic N) is 5. The van der Waals surface area contributed by atoms with Gasteiger partial charge in [0.25, 0.3) is 0 Å². The lowest BCUT2D eigenvalue weighted by atomic mass is 10.1. The third-order valence-electron chi connectivity index (χ3n) is 4.35. The second kappa shape index (κ2) is 6.44. The summed E-state index contributed by atoms with van der Waals surface area (Å²) in [5, 5.41) is 22.4. The molecule has 0 aliphatic carbocycles. The lowest BCUT2D eigenvalue weighted by Gasteiger charge is -2.04. The molecule has 2 aromatic heterocycles. The Hall–Kier alpha value is -3.48. The first-order valence-corrected chi connectivity index (χ1v) is 8.24. The number of aromatic nitrogens is 4. The van der Waals surface area contributed by atoms with Crippen LogP contribution in [0, 0.1) is 11.8 Å². The third-order valence-corrected chi connectivity index (χ3v) is 4.35. The molecular weight excluding hydrogens is 330 g/mol. The average Bonchev–Trinajstić information content (AvgIpc) is 3.18. The Morgan fingerprint density at radius 2 is 1.92 bits per heavy atom. The normalized spacial score (nSPS) is 11.1. The number of nitroso groups, excluding NO2 is 1. The van der Waals surface area contributed by atoms with Crippen LogP contribution in [-0.4, -0.2) is 24.7 Å². The maximum atomic E-state index is 11.2. The van der Waals surface area contributed by atoms with Gasteiger partial charge >= 0.3 is 0 Å². The summed E-state index contributed by atoms with van der Waals surface area (Å²) in [4.78, 5) is 11.2. The summed E-state index contributed by atoms with van der Waals surface area (Å²) in [7, 11) is 0. The van der Waals surface area contributed by atoms with Gasteiger partial charge in [-0.1, -0.05) is 47.2 Å². The number of rotatable bonds is 5. The number of hydrogen-bond acceptors (Lipinski definition) is 5. The van der Waals surface area contributed by atoms with Crippen molar-refractivity contribution in [1.29, 1.82) is 0 Å². The van der Waals surface area contributed by atoms with Crippen molar-refractivity contribution in [2.45, 2.75) is 20.0 Å². The largest absolute Gasteiger partial charge is 0.493 e. The molecule has 0 aliphatic rings. The van der Waals surface area contributed by atoms with Crippen LogP contribution in [0.3, 0.4) is 0 Å². The molecule has 0 saturated heterocycles. The van der Waals surface area contributed by atoms with E-state index in [1.54, 1.807) is 9.25 Å². The van der Waals surface area contributed by atoms with E-state index in [-0.39, 0.29) is 11.6 Å². The van der Waals surface area contributed by atoms with Gasteiger partial charge < -0.3 is 9.67 Å². The predicted molar refractivity (Wildman–Crippen MR) is 98.5 cm³/mol. The van der Waals surface area contributed by atoms with Crippen molar-refractivity contribution in [1.82, 2.24) is 19.6 Å². The highest BCUT2D eigenvalue weighted by Crippen LogP contribution is 2.39. The van der Waals surface area contributed by atoms with Crippen LogP contribution < -0.4 is 0 Å². The molecule has 2 aromatic carbocycles. The van der Waals surface area contributed by atoms with Gasteiger partial charge in [0.15, 0.2) is 5.69 Å². The summed E-state index contributed by atoms with van der Waals surface area (Å²) < 4.78 is 3.37. The molecule has 0 amide bonds. The van der Waals surface area contributed by atoms with Gasteiger partial charge in [-0.15, -0.1) is 10.0 Å². The van der Waals surface area contributed by atoms with E-state index < -0.39 is 0 Å². The van der Waals surface area contributed by atoms with Crippen molar-refractivity contribution in [3.8, 4) is 5.88 Å². The van der Waals surface area contributed by atoms with Crippen molar-refractivity contribution < 1.29 is 5.11 Å². The Morgan fingerprint density at radius 1 is 1.12 bits per heavy atom. The molecule has 0 aliphatic heterocycles. The van der Waals surface area contributed by atoms with E-state index in [2.05, 4.69) is 15.5 Å². The lowest BCUT2D eigenvalue weighted by Crippen LogP contribution is -2.00. The van der Waals surface area contributed by atoms with Crippen molar-refractivity contribution in [2.24, 2.45) is 5.18 Å². The molecule has 0 spiro atoms. The quantitative estimate of drug-likeness (QED) is 0.557. The van der Waals surface area contributed by atoms with E-state index in [4.69, 9.17) is 0 Å². The average molecular weight is 347 g/mol. The summed E-state index contributed by atoms with van der Waals surface area (Å²) in [6, 6.07) is 15.6. The monoisotopic (exact) mass is 347 g/mol. The zero-order chi connectivity index (χ0) is 18.1. The predicted octanol–water partition coefficient (Wildman–Crippen LogP) is 3.74. The van der Waals surface area contributed by atoms with Gasteiger partial charge in [-0.2, -0.15) is 0 Å². The fraction of sp³-hybridized carbons (Fsp3) is 0.158. The van der Waals surface area contributed by atoms with Crippen molar-refractivity contribution in [2.75, 3.05) is 0 Å². The first-order valence-electron chi connectivity index (χ1n) is 8.24. The maximum absolute atomic E-state index is 11.2. The Labute approximate surface area is 149 Å². The highest BCUT2D eigenvalue weighted by Gasteiger charge is 2.18. The second-order valence-electron chi connectivity index (χ2n) is 6.26. The molecular formula is C19H17N5O2. The van der Waals surface area contributed by atoms with Crippen LogP contribution >= 0.6 is 0 Å². The minimum Gasteiger partial charge on any atom is -0.493 e. The van der Waals surface area contributed by atoms with E-state index in [1.165, 1.54) is 0 Å². The van der Waals surface area contributed by atoms with Crippen LogP contribution in [0.15, 0.2) is 59.9 Å². The van der Waals surface area contributed by atoms with Crippen LogP contribution in [0.5, 0.6) is 5.88 Å². The number of aryl methyl sites for hydroxylation is 1. The number of fused-ring (bicyclic) bond motifs is 1. The number of aromatic hydroxyl groups is 1. The first kappa shape index (κ1) is 16.0. The molecule has 0 fully saturated rings. The topological polar surface area (TPSA) is 85.3 Å². The molecule has 2 heterocycles. The summed E-state index contributed by atoms with van der Waals surface area (Å²) in [5.74, 6) is -0.154. The zero-order valence-corrected chi connectivity index (χ0v) is 14.2. The Morgan fingerprint density at radius 3 is 2.69 bits per heavy atom. The van der Waals surface area contributed by atoms with E-state index >= 15 is 0 Å². The highest BCUT2D eigenvalue weighted by atomic mass is 16.3. The molecule has 26 heavy (non-hydrogen) atoms. The molecule has 1 N–H and O–H groups in total. The molecule has 0 unspecified atom stereocenters. The van der Waals surface area contributed by atoms with Gasteiger partial charge in [-0.25, -0.2) is 4.68 Å². The molecule has 0 radical (unpaired) electrons. The fourth-order valence-electron chi connectivity index (χ4n) is 3.11. The highest BCUT2D eigenvalue weighted by molar-refractivity contribution is 5.95. The van der Waals surface area contributed by atoms with Crippen LogP contribution in [-0.2, 0) is 13.1 Å². The van der Waals surface area contributed by atoms with Gasteiger partial charge in [0, 0.05) is 5.39 Å². The number of benzene rings is 2. The Balaban J connectivity index is 1.66. The standard InChI is InChI=1S/C19H17N5O2/c1-13-7-8-17-16(9-13)18(21-26)19(25)24(17)12-15-11-23(22-20-15)10-14-5-3-2-4-6-14/h2-9,11,25H,10,12H2,1H3. The summed E-state index contributed by atoms with van der Waals surface area (Å²) >= 11 is 0. The minimum absolute atomic E-state index is 0.0559. The molecule has 0 bridgehead atoms. The van der Waals surface area contributed by atoms with E-state index in [9.17, 15) is 10.0 Å². The van der Waals surface area contributed by atoms with Gasteiger partial charge in [0.2, 0.25) is 5.88 Å². The molecule has 0 atom stereocenters. The minimum atomic E-state index is -0.154. The summed E-state index contributed by atoms with van der Waals surface area (Å²) in [6.45, 7) is 2.85. The van der Waals surface area contributed by atoms with Crippen LogP contribution in [0.1, 0.15) is 16.8 Å². The maximum Gasteiger partial charge on any atom is 0.222 e. The lowest BCUT2D eigenvalue weighted by molar-refractivity contribution is 0.429. The van der Waals surface area contributed by atoms with Crippen molar-refractivity contribution in [3.05, 3.63) is 76.5 Å². The van der Waals surface area contributed by atoms with Crippen LogP contribution in [0.2, 0.25) is 0 Å². The Kier molecular flexibility index (Phi) is 3.96. The molecule has 0 saturated carbocycles. The Bertz CT molecular complexity index is 1080. The molecule has 7 nitrogen and oxygen atoms in total. The van der Waals surface area contributed by atoms with Gasteiger partial charge in [0.1, 0.15) is 5.69 Å². The SMILES string of the molecule is Cc1ccc2c(c1)c(N=O)c(O)n2Cc1cn(Cc2ccccc2)nn1. The van der Waals surface area contributed by atoms with Crippen LogP contribution in [0.4, 0.5) is 5.69 Å². The summed E-state index contributed by atoms with van der Waals surface area (Å²) in [6.07, 6.45) is 1.83. The van der Waals surface area contributed by atoms with Gasteiger partial charge in [-0.05, 0) is 29.8 Å². The third kappa shape index (κ3) is 2.83. The van der Waals surface area contributed by atoms with E-state index in [0.29, 0.717) is 24.2 Å². The molecule has 7 heteroatoms. The van der Waals surface area contributed by atoms with E-state index in [0.717, 1.165) is 16.6 Å². The van der Waals surface area contributed by atoms with E-state index in [1.807, 2.05) is 61.7 Å². The van der Waals surface area contributed by atoms with Gasteiger partial charge in [0.05, 0.1) is 24.8 Å². The van der Waals surface area contributed by atoms with Crippen molar-refractivity contribution in [3.63, 3.8) is 0 Å². The molecule has 4 aromatic rings.